The summed E-state index contributed by atoms with van der Waals surface area (Å²) in [5.74, 6) is -0.493. The van der Waals surface area contributed by atoms with Crippen molar-refractivity contribution in [3.63, 3.8) is 0 Å². The molecule has 1 unspecified atom stereocenters. The minimum absolute atomic E-state index is 0.206. The Bertz CT molecular complexity index is 235. The number of piperidine rings is 1. The standard InChI is InChI=1S/C11H22N2O3/c1-11(16,10(14)15)8-13-6-3-9(2-5-12)4-7-13/h9,16H,2-8,12H2,1H3,(H,14,15). The highest BCUT2D eigenvalue weighted by molar-refractivity contribution is 5.76. The van der Waals surface area contributed by atoms with Gasteiger partial charge in [-0.1, -0.05) is 0 Å². The van der Waals surface area contributed by atoms with Crippen LogP contribution in [0.25, 0.3) is 0 Å². The van der Waals surface area contributed by atoms with Gasteiger partial charge in [-0.3, -0.25) is 4.90 Å². The van der Waals surface area contributed by atoms with E-state index in [1.54, 1.807) is 0 Å². The number of carboxylic acids is 1. The molecule has 0 aromatic rings. The molecule has 5 nitrogen and oxygen atoms in total. The minimum atomic E-state index is -1.64. The van der Waals surface area contributed by atoms with Crippen molar-refractivity contribution < 1.29 is 15.0 Å². The molecule has 0 spiro atoms. The molecule has 1 fully saturated rings. The van der Waals surface area contributed by atoms with Crippen molar-refractivity contribution in [2.45, 2.75) is 31.8 Å². The average molecular weight is 230 g/mol. The second-order valence-corrected chi connectivity index (χ2v) is 4.88. The molecule has 94 valence electrons. The number of carboxylic acid groups (broad SMARTS) is 1. The van der Waals surface area contributed by atoms with Crippen LogP contribution in [0.1, 0.15) is 26.2 Å². The van der Waals surface area contributed by atoms with E-state index < -0.39 is 11.6 Å². The number of likely N-dealkylation sites (tertiary alicyclic amines) is 1. The Morgan fingerprint density at radius 3 is 2.50 bits per heavy atom. The third kappa shape index (κ3) is 3.73. The topological polar surface area (TPSA) is 86.8 Å². The zero-order valence-electron chi connectivity index (χ0n) is 9.85. The van der Waals surface area contributed by atoms with Crippen LogP contribution in [0.3, 0.4) is 0 Å². The van der Waals surface area contributed by atoms with E-state index in [0.29, 0.717) is 5.92 Å². The molecular formula is C11H22N2O3. The lowest BCUT2D eigenvalue weighted by Gasteiger charge is -2.34. The molecule has 0 saturated carbocycles. The van der Waals surface area contributed by atoms with E-state index in [9.17, 15) is 9.90 Å². The molecule has 16 heavy (non-hydrogen) atoms. The fourth-order valence-corrected chi connectivity index (χ4v) is 2.17. The summed E-state index contributed by atoms with van der Waals surface area (Å²) in [5, 5.41) is 18.5. The van der Waals surface area contributed by atoms with Gasteiger partial charge in [0.05, 0.1) is 0 Å². The molecule has 1 atom stereocenters. The predicted molar refractivity (Wildman–Crippen MR) is 61.1 cm³/mol. The molecule has 1 heterocycles. The predicted octanol–water partition coefficient (Wildman–Crippen LogP) is -0.117. The summed E-state index contributed by atoms with van der Waals surface area (Å²) in [6, 6.07) is 0. The summed E-state index contributed by atoms with van der Waals surface area (Å²) in [6.07, 6.45) is 3.14. The first kappa shape index (κ1) is 13.4. The van der Waals surface area contributed by atoms with Gasteiger partial charge in [0.15, 0.2) is 5.60 Å². The molecular weight excluding hydrogens is 208 g/mol. The second-order valence-electron chi connectivity index (χ2n) is 4.88. The zero-order chi connectivity index (χ0) is 12.2. The normalized spacial score (nSPS) is 22.9. The quantitative estimate of drug-likeness (QED) is 0.613. The van der Waals surface area contributed by atoms with Crippen LogP contribution in [0.2, 0.25) is 0 Å². The first-order chi connectivity index (χ1) is 7.45. The number of hydrogen-bond donors (Lipinski definition) is 3. The molecule has 0 radical (unpaired) electrons. The highest BCUT2D eigenvalue weighted by Crippen LogP contribution is 2.21. The fourth-order valence-electron chi connectivity index (χ4n) is 2.17. The molecule has 0 aromatic carbocycles. The minimum Gasteiger partial charge on any atom is -0.479 e. The lowest BCUT2D eigenvalue weighted by molar-refractivity contribution is -0.158. The molecule has 0 aromatic heterocycles. The number of nitrogens with zero attached hydrogens (tertiary/aromatic N) is 1. The summed E-state index contributed by atoms with van der Waals surface area (Å²) < 4.78 is 0. The Morgan fingerprint density at radius 1 is 1.50 bits per heavy atom. The van der Waals surface area contributed by atoms with E-state index in [1.165, 1.54) is 6.92 Å². The van der Waals surface area contributed by atoms with Gasteiger partial charge in [-0.25, -0.2) is 4.79 Å². The van der Waals surface area contributed by atoms with Crippen LogP contribution in [0.5, 0.6) is 0 Å². The molecule has 1 rings (SSSR count). The van der Waals surface area contributed by atoms with E-state index in [1.807, 2.05) is 4.90 Å². The van der Waals surface area contributed by atoms with Crippen molar-refractivity contribution >= 4 is 5.97 Å². The first-order valence-electron chi connectivity index (χ1n) is 5.84. The van der Waals surface area contributed by atoms with Gasteiger partial charge < -0.3 is 15.9 Å². The lowest BCUT2D eigenvalue weighted by Crippen LogP contribution is -2.49. The van der Waals surface area contributed by atoms with Crippen molar-refractivity contribution in [2.24, 2.45) is 11.7 Å². The van der Waals surface area contributed by atoms with Crippen LogP contribution in [0.15, 0.2) is 0 Å². The summed E-state index contributed by atoms with van der Waals surface area (Å²) >= 11 is 0. The van der Waals surface area contributed by atoms with E-state index in [2.05, 4.69) is 0 Å². The van der Waals surface area contributed by atoms with Crippen molar-refractivity contribution in [3.05, 3.63) is 0 Å². The van der Waals surface area contributed by atoms with Gasteiger partial charge >= 0.3 is 5.97 Å². The summed E-state index contributed by atoms with van der Waals surface area (Å²) in [7, 11) is 0. The maximum atomic E-state index is 10.8. The number of β-amino-alcohol motifs (C(OH)–C–C–N with tert-alkyl or cyclic N) is 1. The SMILES string of the molecule is CC(O)(CN1CCC(CCN)CC1)C(=O)O. The van der Waals surface area contributed by atoms with Gasteiger partial charge in [-0.05, 0) is 51.7 Å². The molecule has 1 aliphatic heterocycles. The molecule has 4 N–H and O–H groups in total. The summed E-state index contributed by atoms with van der Waals surface area (Å²) in [5.41, 5.74) is 3.87. The Labute approximate surface area is 96.2 Å². The Morgan fingerprint density at radius 2 is 2.06 bits per heavy atom. The highest BCUT2D eigenvalue weighted by Gasteiger charge is 2.33. The van der Waals surface area contributed by atoms with Gasteiger partial charge in [0, 0.05) is 6.54 Å². The van der Waals surface area contributed by atoms with Gasteiger partial charge in [0.1, 0.15) is 0 Å². The Balaban J connectivity index is 2.34. The Kier molecular flexibility index (Phi) is 4.70. The van der Waals surface area contributed by atoms with Crippen molar-refractivity contribution in [3.8, 4) is 0 Å². The molecule has 0 bridgehead atoms. The molecule has 0 amide bonds. The number of rotatable bonds is 5. The zero-order valence-corrected chi connectivity index (χ0v) is 9.85. The van der Waals surface area contributed by atoms with E-state index in [4.69, 9.17) is 10.8 Å². The second kappa shape index (κ2) is 5.61. The maximum Gasteiger partial charge on any atom is 0.336 e. The van der Waals surface area contributed by atoms with Crippen molar-refractivity contribution in [1.82, 2.24) is 4.90 Å². The van der Waals surface area contributed by atoms with Crippen LogP contribution in [0.4, 0.5) is 0 Å². The average Bonchev–Trinajstić information content (AvgIpc) is 2.21. The van der Waals surface area contributed by atoms with E-state index >= 15 is 0 Å². The monoisotopic (exact) mass is 230 g/mol. The summed E-state index contributed by atoms with van der Waals surface area (Å²) in [6.45, 7) is 3.98. The van der Waals surface area contributed by atoms with Crippen LogP contribution in [-0.2, 0) is 4.79 Å². The maximum absolute atomic E-state index is 10.8. The van der Waals surface area contributed by atoms with Gasteiger partial charge in [-0.2, -0.15) is 0 Å². The molecule has 5 heteroatoms. The number of hydrogen-bond acceptors (Lipinski definition) is 4. The summed E-state index contributed by atoms with van der Waals surface area (Å²) in [4.78, 5) is 12.8. The number of aliphatic hydroxyl groups is 1. The third-order valence-corrected chi connectivity index (χ3v) is 3.27. The van der Waals surface area contributed by atoms with Crippen molar-refractivity contribution in [1.29, 1.82) is 0 Å². The fraction of sp³-hybridized carbons (Fsp3) is 0.909. The van der Waals surface area contributed by atoms with Crippen LogP contribution in [-0.4, -0.2) is 52.9 Å². The van der Waals surface area contributed by atoms with Crippen LogP contribution in [0, 0.1) is 5.92 Å². The highest BCUT2D eigenvalue weighted by atomic mass is 16.4. The van der Waals surface area contributed by atoms with Crippen LogP contribution < -0.4 is 5.73 Å². The van der Waals surface area contributed by atoms with Crippen LogP contribution >= 0.6 is 0 Å². The van der Waals surface area contributed by atoms with Gasteiger partial charge in [0.2, 0.25) is 0 Å². The van der Waals surface area contributed by atoms with Crippen molar-refractivity contribution in [2.75, 3.05) is 26.2 Å². The number of carbonyl (C=O) groups is 1. The molecule has 0 aliphatic carbocycles. The van der Waals surface area contributed by atoms with Gasteiger partial charge in [-0.15, -0.1) is 0 Å². The Hall–Kier alpha value is -0.650. The van der Waals surface area contributed by atoms with Gasteiger partial charge in [0.25, 0.3) is 0 Å². The van der Waals surface area contributed by atoms with E-state index in [0.717, 1.165) is 38.9 Å². The number of nitrogens with two attached hydrogens (primary N) is 1. The van der Waals surface area contributed by atoms with E-state index in [-0.39, 0.29) is 6.54 Å². The number of aliphatic carboxylic acids is 1. The lowest BCUT2D eigenvalue weighted by atomic mass is 9.93. The largest absolute Gasteiger partial charge is 0.479 e. The third-order valence-electron chi connectivity index (χ3n) is 3.27. The molecule has 1 saturated heterocycles. The molecule has 1 aliphatic rings. The smallest absolute Gasteiger partial charge is 0.336 e. The first-order valence-corrected chi connectivity index (χ1v) is 5.84.